The molecule has 0 bridgehead atoms. The SMILES string of the molecule is Cc1ccccc1C(=O)NC(C(=O)N1CCN(Cc2nc(-c3cccs3)no2)CC1)C(C)C. The third-order valence-electron chi connectivity index (χ3n) is 5.86. The molecular formula is C24H29N5O3S. The van der Waals surface area contributed by atoms with Gasteiger partial charge in [0.2, 0.25) is 17.6 Å². The molecule has 1 atom stereocenters. The van der Waals surface area contributed by atoms with Crippen molar-refractivity contribution >= 4 is 23.2 Å². The fraction of sp³-hybridized carbons (Fsp3) is 0.417. The summed E-state index contributed by atoms with van der Waals surface area (Å²) in [4.78, 5) is 35.5. The second-order valence-electron chi connectivity index (χ2n) is 8.60. The molecule has 8 nitrogen and oxygen atoms in total. The van der Waals surface area contributed by atoms with E-state index in [1.807, 2.05) is 61.4 Å². The highest BCUT2D eigenvalue weighted by molar-refractivity contribution is 7.13. The predicted molar refractivity (Wildman–Crippen MR) is 127 cm³/mol. The van der Waals surface area contributed by atoms with Crippen LogP contribution in [0.2, 0.25) is 0 Å². The van der Waals surface area contributed by atoms with Crippen LogP contribution in [0.1, 0.15) is 35.7 Å². The standard InChI is InChI=1S/C24H29N5O3S/c1-16(2)21(26-23(30)18-8-5-4-7-17(18)3)24(31)29-12-10-28(11-13-29)15-20-25-22(27-32-20)19-9-6-14-33-19/h4-9,14,16,21H,10-13,15H2,1-3H3,(H,26,30). The predicted octanol–water partition coefficient (Wildman–Crippen LogP) is 3.21. The first kappa shape index (κ1) is 23.1. The van der Waals surface area contributed by atoms with Crippen molar-refractivity contribution < 1.29 is 14.1 Å². The number of amides is 2. The van der Waals surface area contributed by atoms with Gasteiger partial charge in [0.05, 0.1) is 11.4 Å². The molecule has 2 amide bonds. The zero-order valence-corrected chi connectivity index (χ0v) is 20.0. The lowest BCUT2D eigenvalue weighted by atomic mass is 10.0. The van der Waals surface area contributed by atoms with Crippen LogP contribution in [0.3, 0.4) is 0 Å². The summed E-state index contributed by atoms with van der Waals surface area (Å²) in [5.74, 6) is 0.917. The average molecular weight is 468 g/mol. The van der Waals surface area contributed by atoms with Crippen molar-refractivity contribution in [2.75, 3.05) is 26.2 Å². The number of hydrogen-bond acceptors (Lipinski definition) is 7. The zero-order chi connectivity index (χ0) is 23.4. The Morgan fingerprint density at radius 3 is 2.55 bits per heavy atom. The minimum atomic E-state index is -0.562. The highest BCUT2D eigenvalue weighted by Crippen LogP contribution is 2.22. The second-order valence-corrected chi connectivity index (χ2v) is 9.55. The van der Waals surface area contributed by atoms with Gasteiger partial charge in [0.15, 0.2) is 0 Å². The van der Waals surface area contributed by atoms with Crippen molar-refractivity contribution in [2.24, 2.45) is 5.92 Å². The van der Waals surface area contributed by atoms with Crippen LogP contribution in [0, 0.1) is 12.8 Å². The lowest BCUT2D eigenvalue weighted by Gasteiger charge is -2.36. The van der Waals surface area contributed by atoms with Crippen LogP contribution in [0.15, 0.2) is 46.3 Å². The van der Waals surface area contributed by atoms with E-state index in [0.717, 1.165) is 10.4 Å². The van der Waals surface area contributed by atoms with Crippen LogP contribution in [-0.4, -0.2) is 64.0 Å². The summed E-state index contributed by atoms with van der Waals surface area (Å²) < 4.78 is 5.41. The zero-order valence-electron chi connectivity index (χ0n) is 19.2. The number of carbonyl (C=O) groups excluding carboxylic acids is 2. The maximum Gasteiger partial charge on any atom is 0.252 e. The third-order valence-corrected chi connectivity index (χ3v) is 6.73. The van der Waals surface area contributed by atoms with Gasteiger partial charge >= 0.3 is 0 Å². The largest absolute Gasteiger partial charge is 0.340 e. The van der Waals surface area contributed by atoms with Crippen molar-refractivity contribution in [1.82, 2.24) is 25.3 Å². The number of benzene rings is 1. The summed E-state index contributed by atoms with van der Waals surface area (Å²) in [5, 5.41) is 9.00. The van der Waals surface area contributed by atoms with Gasteiger partial charge in [-0.25, -0.2) is 0 Å². The average Bonchev–Trinajstić information content (AvgIpc) is 3.50. The van der Waals surface area contributed by atoms with Crippen LogP contribution < -0.4 is 5.32 Å². The van der Waals surface area contributed by atoms with E-state index in [1.54, 1.807) is 17.4 Å². The van der Waals surface area contributed by atoms with Crippen LogP contribution in [0.5, 0.6) is 0 Å². The molecule has 1 fully saturated rings. The van der Waals surface area contributed by atoms with E-state index >= 15 is 0 Å². The summed E-state index contributed by atoms with van der Waals surface area (Å²) in [6, 6.07) is 10.8. The number of nitrogens with zero attached hydrogens (tertiary/aromatic N) is 4. The normalized spacial score (nSPS) is 15.6. The minimum absolute atomic E-state index is 0.0161. The van der Waals surface area contributed by atoms with E-state index in [4.69, 9.17) is 4.52 Å². The van der Waals surface area contributed by atoms with Gasteiger partial charge in [0.1, 0.15) is 6.04 Å². The first-order valence-electron chi connectivity index (χ1n) is 11.2. The molecule has 9 heteroatoms. The van der Waals surface area contributed by atoms with Crippen molar-refractivity contribution in [2.45, 2.75) is 33.4 Å². The second kappa shape index (κ2) is 10.3. The Balaban J connectivity index is 1.32. The Bertz CT molecular complexity index is 1090. The molecule has 1 N–H and O–H groups in total. The molecule has 1 aromatic carbocycles. The molecule has 1 saturated heterocycles. The summed E-state index contributed by atoms with van der Waals surface area (Å²) in [7, 11) is 0. The Kier molecular flexibility index (Phi) is 7.20. The van der Waals surface area contributed by atoms with Gasteiger partial charge in [-0.1, -0.05) is 43.3 Å². The molecule has 0 radical (unpaired) electrons. The highest BCUT2D eigenvalue weighted by Gasteiger charge is 2.31. The van der Waals surface area contributed by atoms with Crippen molar-refractivity contribution in [3.63, 3.8) is 0 Å². The van der Waals surface area contributed by atoms with Gasteiger partial charge in [0.25, 0.3) is 5.91 Å². The number of thiophene rings is 1. The Hall–Kier alpha value is -3.04. The van der Waals surface area contributed by atoms with Crippen LogP contribution in [0.4, 0.5) is 0 Å². The highest BCUT2D eigenvalue weighted by atomic mass is 32.1. The van der Waals surface area contributed by atoms with Crippen molar-refractivity contribution in [1.29, 1.82) is 0 Å². The first-order chi connectivity index (χ1) is 15.9. The summed E-state index contributed by atoms with van der Waals surface area (Å²) in [5.41, 5.74) is 1.49. The van der Waals surface area contributed by atoms with Crippen molar-refractivity contribution in [3.05, 3.63) is 58.8 Å². The quantitative estimate of drug-likeness (QED) is 0.574. The molecule has 0 saturated carbocycles. The fourth-order valence-electron chi connectivity index (χ4n) is 3.90. The number of aryl methyl sites for hydroxylation is 1. The fourth-order valence-corrected chi connectivity index (χ4v) is 4.55. The van der Waals surface area contributed by atoms with Crippen LogP contribution in [-0.2, 0) is 11.3 Å². The first-order valence-corrected chi connectivity index (χ1v) is 12.0. The number of piperazine rings is 1. The van der Waals surface area contributed by atoms with E-state index < -0.39 is 6.04 Å². The molecule has 174 valence electrons. The van der Waals surface area contributed by atoms with Crippen molar-refractivity contribution in [3.8, 4) is 10.7 Å². The molecule has 3 heterocycles. The number of carbonyl (C=O) groups is 2. The molecule has 3 aromatic rings. The number of aromatic nitrogens is 2. The van der Waals surface area contributed by atoms with Crippen LogP contribution >= 0.6 is 11.3 Å². The van der Waals surface area contributed by atoms with Gasteiger partial charge in [-0.15, -0.1) is 11.3 Å². The molecular weight excluding hydrogens is 438 g/mol. The molecule has 4 rings (SSSR count). The molecule has 2 aromatic heterocycles. The van der Waals surface area contributed by atoms with Gasteiger partial charge in [-0.05, 0) is 35.9 Å². The van der Waals surface area contributed by atoms with Gasteiger partial charge < -0.3 is 14.7 Å². The maximum absolute atomic E-state index is 13.2. The summed E-state index contributed by atoms with van der Waals surface area (Å²) in [6.07, 6.45) is 0. The lowest BCUT2D eigenvalue weighted by molar-refractivity contribution is -0.136. The third kappa shape index (κ3) is 5.48. The lowest BCUT2D eigenvalue weighted by Crippen LogP contribution is -2.56. The molecule has 0 spiro atoms. The van der Waals surface area contributed by atoms with E-state index in [9.17, 15) is 9.59 Å². The topological polar surface area (TPSA) is 91.6 Å². The smallest absolute Gasteiger partial charge is 0.252 e. The van der Waals surface area contributed by atoms with Gasteiger partial charge in [-0.2, -0.15) is 4.98 Å². The Morgan fingerprint density at radius 2 is 1.88 bits per heavy atom. The number of nitrogens with one attached hydrogen (secondary N) is 1. The summed E-state index contributed by atoms with van der Waals surface area (Å²) in [6.45, 7) is 8.96. The monoisotopic (exact) mass is 467 g/mol. The van der Waals surface area contributed by atoms with Crippen LogP contribution in [0.25, 0.3) is 10.7 Å². The molecule has 33 heavy (non-hydrogen) atoms. The van der Waals surface area contributed by atoms with E-state index in [0.29, 0.717) is 50.0 Å². The summed E-state index contributed by atoms with van der Waals surface area (Å²) >= 11 is 1.57. The Morgan fingerprint density at radius 1 is 1.12 bits per heavy atom. The Labute approximate surface area is 197 Å². The number of hydrogen-bond donors (Lipinski definition) is 1. The van der Waals surface area contributed by atoms with Gasteiger partial charge in [0, 0.05) is 31.7 Å². The van der Waals surface area contributed by atoms with E-state index in [2.05, 4.69) is 20.4 Å². The molecule has 1 aliphatic heterocycles. The van der Waals surface area contributed by atoms with Gasteiger partial charge in [-0.3, -0.25) is 14.5 Å². The molecule has 1 unspecified atom stereocenters. The minimum Gasteiger partial charge on any atom is -0.340 e. The molecule has 1 aliphatic rings. The van der Waals surface area contributed by atoms with E-state index in [1.165, 1.54) is 0 Å². The maximum atomic E-state index is 13.2. The number of rotatable bonds is 7. The van der Waals surface area contributed by atoms with E-state index in [-0.39, 0.29) is 17.7 Å². The molecule has 0 aliphatic carbocycles.